The van der Waals surface area contributed by atoms with Crippen LogP contribution in [0.5, 0.6) is 0 Å². The van der Waals surface area contributed by atoms with E-state index in [9.17, 15) is 4.79 Å². The summed E-state index contributed by atoms with van der Waals surface area (Å²) < 4.78 is 0. The van der Waals surface area contributed by atoms with E-state index < -0.39 is 8.07 Å². The zero-order valence-electron chi connectivity index (χ0n) is 11.9. The lowest BCUT2D eigenvalue weighted by Crippen LogP contribution is -2.39. The highest BCUT2D eigenvalue weighted by atomic mass is 28.3. The third-order valence-corrected chi connectivity index (χ3v) is 6.41. The fourth-order valence-electron chi connectivity index (χ4n) is 2.10. The lowest BCUT2D eigenvalue weighted by atomic mass is 10.0. The summed E-state index contributed by atoms with van der Waals surface area (Å²) in [5.74, 6) is 0.585. The van der Waals surface area contributed by atoms with Crippen molar-refractivity contribution in [2.75, 3.05) is 0 Å². The van der Waals surface area contributed by atoms with E-state index >= 15 is 0 Å². The van der Waals surface area contributed by atoms with Gasteiger partial charge >= 0.3 is 0 Å². The van der Waals surface area contributed by atoms with Crippen LogP contribution in [0.2, 0.25) is 13.1 Å². The Morgan fingerprint density at radius 3 is 2.39 bits per heavy atom. The highest BCUT2D eigenvalue weighted by molar-refractivity contribution is 6.94. The van der Waals surface area contributed by atoms with Gasteiger partial charge in [-0.1, -0.05) is 74.6 Å². The molecule has 0 N–H and O–H groups in total. The molecule has 0 saturated carbocycles. The minimum absolute atomic E-state index is 0.585. The number of benzene rings is 1. The predicted octanol–water partition coefficient (Wildman–Crippen LogP) is 3.70. The zero-order chi connectivity index (χ0) is 13.6. The second-order valence-electron chi connectivity index (χ2n) is 5.64. The molecular weight excluding hydrogens is 236 g/mol. The van der Waals surface area contributed by atoms with Crippen LogP contribution in [-0.2, 0) is 4.79 Å². The number of carbonyl (C=O) groups is 1. The number of allylic oxidation sites excluding steroid dienone is 1. The largest absolute Gasteiger partial charge is 0.298 e. The second-order valence-corrected chi connectivity index (χ2v) is 9.95. The lowest BCUT2D eigenvalue weighted by Gasteiger charge is -2.20. The molecule has 2 heteroatoms. The molecule has 1 nitrogen and oxygen atoms in total. The average Bonchev–Trinajstić information content (AvgIpc) is 2.38. The summed E-state index contributed by atoms with van der Waals surface area (Å²) in [5.41, 5.74) is 3.23. The second kappa shape index (κ2) is 6.69. The predicted molar refractivity (Wildman–Crippen MR) is 81.8 cm³/mol. The summed E-state index contributed by atoms with van der Waals surface area (Å²) in [5, 5.41) is 1.38. The summed E-state index contributed by atoms with van der Waals surface area (Å²) in [6, 6.07) is 10.5. The Bertz CT molecular complexity index is 406. The fourth-order valence-corrected chi connectivity index (χ4v) is 4.43. The quantitative estimate of drug-likeness (QED) is 0.433. The molecule has 0 heterocycles. The third-order valence-electron chi connectivity index (χ3n) is 3.50. The van der Waals surface area contributed by atoms with Crippen molar-refractivity contribution in [3.8, 4) is 0 Å². The highest BCUT2D eigenvalue weighted by Gasteiger charge is 2.21. The van der Waals surface area contributed by atoms with Crippen molar-refractivity contribution < 1.29 is 4.79 Å². The molecule has 0 aliphatic carbocycles. The van der Waals surface area contributed by atoms with E-state index in [1.807, 2.05) is 6.07 Å². The van der Waals surface area contributed by atoms with Crippen molar-refractivity contribution in [3.63, 3.8) is 0 Å². The Morgan fingerprint density at radius 1 is 1.28 bits per heavy atom. The molecule has 0 radical (unpaired) electrons. The van der Waals surface area contributed by atoms with Crippen LogP contribution in [0.25, 0.3) is 0 Å². The molecule has 0 aromatic heterocycles. The summed E-state index contributed by atoms with van der Waals surface area (Å²) >= 11 is 0. The molecule has 0 bridgehead atoms. The van der Waals surface area contributed by atoms with E-state index in [2.05, 4.69) is 56.9 Å². The standard InChI is InChI=1S/C16H24OSi/c1-5-14(2)11-15(12-17)13-18(3,4)16-9-7-6-8-10-16/h6-10,12-14H,5,11H2,1-4H3/b15-13-/t14-/m0/s1. The first kappa shape index (κ1) is 14.9. The Balaban J connectivity index is 2.93. The van der Waals surface area contributed by atoms with Gasteiger partial charge in [-0.25, -0.2) is 0 Å². The average molecular weight is 260 g/mol. The molecular formula is C16H24OSi. The van der Waals surface area contributed by atoms with Crippen molar-refractivity contribution in [3.05, 3.63) is 41.6 Å². The van der Waals surface area contributed by atoms with Crippen LogP contribution >= 0.6 is 0 Å². The first-order valence-corrected chi connectivity index (χ1v) is 9.79. The van der Waals surface area contributed by atoms with Gasteiger partial charge in [-0.05, 0) is 17.9 Å². The molecule has 0 saturated heterocycles. The van der Waals surface area contributed by atoms with Crippen LogP contribution in [0.3, 0.4) is 0 Å². The van der Waals surface area contributed by atoms with Crippen LogP contribution in [-0.4, -0.2) is 14.4 Å². The Hall–Kier alpha value is -1.15. The van der Waals surface area contributed by atoms with Crippen molar-refractivity contribution in [2.45, 2.75) is 39.8 Å². The minimum Gasteiger partial charge on any atom is -0.298 e. The SMILES string of the molecule is CC[C@H](C)C/C(C=O)=C/[Si](C)(C)c1ccccc1. The molecule has 0 unspecified atom stereocenters. The Kier molecular flexibility index (Phi) is 5.54. The fraction of sp³-hybridized carbons (Fsp3) is 0.438. The van der Waals surface area contributed by atoms with Gasteiger partial charge in [-0.2, -0.15) is 0 Å². The summed E-state index contributed by atoms with van der Waals surface area (Å²) in [6.45, 7) is 8.96. The first-order chi connectivity index (χ1) is 8.49. The number of carbonyl (C=O) groups excluding carboxylic acids is 1. The maximum atomic E-state index is 11.2. The summed E-state index contributed by atoms with van der Waals surface area (Å²) in [7, 11) is -1.64. The molecule has 98 valence electrons. The maximum absolute atomic E-state index is 11.2. The van der Waals surface area contributed by atoms with E-state index in [0.717, 1.165) is 24.7 Å². The van der Waals surface area contributed by atoms with Crippen molar-refractivity contribution >= 4 is 19.5 Å². The maximum Gasteiger partial charge on any atom is 0.145 e. The van der Waals surface area contributed by atoms with E-state index in [-0.39, 0.29) is 0 Å². The first-order valence-electron chi connectivity index (χ1n) is 6.72. The van der Waals surface area contributed by atoms with Crippen molar-refractivity contribution in [1.82, 2.24) is 0 Å². The topological polar surface area (TPSA) is 17.1 Å². The van der Waals surface area contributed by atoms with Gasteiger partial charge in [-0.3, -0.25) is 4.79 Å². The Labute approximate surface area is 112 Å². The van der Waals surface area contributed by atoms with Crippen LogP contribution < -0.4 is 5.19 Å². The van der Waals surface area contributed by atoms with Gasteiger partial charge in [0.1, 0.15) is 14.4 Å². The molecule has 0 aliphatic heterocycles. The lowest BCUT2D eigenvalue weighted by molar-refractivity contribution is -0.105. The van der Waals surface area contributed by atoms with Crippen LogP contribution in [0.4, 0.5) is 0 Å². The molecule has 0 aliphatic rings. The van der Waals surface area contributed by atoms with Crippen LogP contribution in [0, 0.1) is 5.92 Å². The number of hydrogen-bond donors (Lipinski definition) is 0. The van der Waals surface area contributed by atoms with Crippen molar-refractivity contribution in [2.24, 2.45) is 5.92 Å². The molecule has 18 heavy (non-hydrogen) atoms. The van der Waals surface area contributed by atoms with Crippen LogP contribution in [0.1, 0.15) is 26.7 Å². The van der Waals surface area contributed by atoms with Gasteiger partial charge in [0.25, 0.3) is 0 Å². The van der Waals surface area contributed by atoms with E-state index in [1.165, 1.54) is 5.19 Å². The van der Waals surface area contributed by atoms with Crippen LogP contribution in [0.15, 0.2) is 41.6 Å². The minimum atomic E-state index is -1.64. The molecule has 1 atom stereocenters. The van der Waals surface area contributed by atoms with E-state index in [4.69, 9.17) is 0 Å². The van der Waals surface area contributed by atoms with E-state index in [0.29, 0.717) is 5.92 Å². The molecule has 1 aromatic carbocycles. The number of aldehydes is 1. The summed E-state index contributed by atoms with van der Waals surface area (Å²) in [4.78, 5) is 11.2. The molecule has 0 spiro atoms. The normalized spacial score (nSPS) is 14.3. The van der Waals surface area contributed by atoms with Crippen molar-refractivity contribution in [1.29, 1.82) is 0 Å². The van der Waals surface area contributed by atoms with Gasteiger partial charge < -0.3 is 0 Å². The Morgan fingerprint density at radius 2 is 1.89 bits per heavy atom. The van der Waals surface area contributed by atoms with Gasteiger partial charge in [0.2, 0.25) is 0 Å². The molecule has 1 aromatic rings. The third kappa shape index (κ3) is 4.26. The van der Waals surface area contributed by atoms with E-state index in [1.54, 1.807) is 0 Å². The smallest absolute Gasteiger partial charge is 0.145 e. The van der Waals surface area contributed by atoms with Gasteiger partial charge in [0, 0.05) is 0 Å². The molecule has 0 fully saturated rings. The molecule has 0 amide bonds. The van der Waals surface area contributed by atoms with Gasteiger partial charge in [0.15, 0.2) is 0 Å². The number of hydrogen-bond acceptors (Lipinski definition) is 1. The van der Waals surface area contributed by atoms with Gasteiger partial charge in [0.05, 0.1) is 0 Å². The van der Waals surface area contributed by atoms with Gasteiger partial charge in [-0.15, -0.1) is 0 Å². The molecule has 1 rings (SSSR count). The highest BCUT2D eigenvalue weighted by Crippen LogP contribution is 2.16. The zero-order valence-corrected chi connectivity index (χ0v) is 12.9. The summed E-state index contributed by atoms with van der Waals surface area (Å²) in [6.07, 6.45) is 3.08. The number of rotatable bonds is 6. The monoisotopic (exact) mass is 260 g/mol.